The number of hydrogen-bond acceptors (Lipinski definition) is 4. The number of amides is 1. The predicted octanol–water partition coefficient (Wildman–Crippen LogP) is 4.09. The first-order valence-electron chi connectivity index (χ1n) is 9.81. The summed E-state index contributed by atoms with van der Waals surface area (Å²) >= 11 is 0. The first-order valence-corrected chi connectivity index (χ1v) is 9.81. The zero-order valence-corrected chi connectivity index (χ0v) is 16.3. The van der Waals surface area contributed by atoms with Crippen LogP contribution in [0.5, 0.6) is 17.2 Å². The number of carbonyl (C=O) groups excluding carboxylic acids is 1. The molecule has 3 heterocycles. The SMILES string of the molecule is Cc1cc(CN2C(=O)C3(COc4cc5c(cc43)OCO5)c3ccccc32)ccc1F. The van der Waals surface area contributed by atoms with Crippen LogP contribution < -0.4 is 19.1 Å². The zero-order valence-electron chi connectivity index (χ0n) is 16.3. The number of aryl methyl sites for hydroxylation is 1. The molecule has 1 unspecified atom stereocenters. The molecule has 1 atom stereocenters. The lowest BCUT2D eigenvalue weighted by atomic mass is 9.77. The van der Waals surface area contributed by atoms with Crippen LogP contribution in [0.15, 0.2) is 54.6 Å². The highest BCUT2D eigenvalue weighted by Gasteiger charge is 2.57. The number of anilines is 1. The van der Waals surface area contributed by atoms with Crippen LogP contribution in [0.25, 0.3) is 0 Å². The maximum Gasteiger partial charge on any atom is 0.246 e. The van der Waals surface area contributed by atoms with Crippen molar-refractivity contribution in [1.29, 1.82) is 0 Å². The predicted molar refractivity (Wildman–Crippen MR) is 108 cm³/mol. The van der Waals surface area contributed by atoms with Gasteiger partial charge in [0.05, 0.1) is 6.54 Å². The molecule has 0 radical (unpaired) electrons. The molecular weight excluding hydrogens is 385 g/mol. The largest absolute Gasteiger partial charge is 0.491 e. The zero-order chi connectivity index (χ0) is 20.5. The van der Waals surface area contributed by atoms with Crippen molar-refractivity contribution in [2.75, 3.05) is 18.3 Å². The third kappa shape index (κ3) is 2.19. The lowest BCUT2D eigenvalue weighted by molar-refractivity contribution is -0.122. The van der Waals surface area contributed by atoms with E-state index < -0.39 is 5.41 Å². The Balaban J connectivity index is 1.48. The van der Waals surface area contributed by atoms with Gasteiger partial charge < -0.3 is 19.1 Å². The van der Waals surface area contributed by atoms with Gasteiger partial charge in [-0.25, -0.2) is 4.39 Å². The van der Waals surface area contributed by atoms with E-state index in [1.807, 2.05) is 30.3 Å². The van der Waals surface area contributed by atoms with Crippen molar-refractivity contribution in [3.8, 4) is 17.2 Å². The van der Waals surface area contributed by atoms with Crippen LogP contribution in [-0.2, 0) is 16.8 Å². The molecule has 0 N–H and O–H groups in total. The average molecular weight is 403 g/mol. The third-order valence-corrected chi connectivity index (χ3v) is 6.21. The third-order valence-electron chi connectivity index (χ3n) is 6.21. The van der Waals surface area contributed by atoms with Gasteiger partial charge in [-0.3, -0.25) is 4.79 Å². The van der Waals surface area contributed by atoms with Crippen molar-refractivity contribution < 1.29 is 23.4 Å². The minimum absolute atomic E-state index is 0.0525. The van der Waals surface area contributed by atoms with Gasteiger partial charge >= 0.3 is 0 Å². The minimum Gasteiger partial charge on any atom is -0.491 e. The van der Waals surface area contributed by atoms with Gasteiger partial charge in [0.1, 0.15) is 23.6 Å². The first kappa shape index (κ1) is 17.3. The highest BCUT2D eigenvalue weighted by atomic mass is 19.1. The van der Waals surface area contributed by atoms with Crippen molar-refractivity contribution in [1.82, 2.24) is 0 Å². The van der Waals surface area contributed by atoms with E-state index in [0.29, 0.717) is 29.4 Å². The van der Waals surface area contributed by atoms with Gasteiger partial charge in [0.15, 0.2) is 11.5 Å². The average Bonchev–Trinajstić information content (AvgIpc) is 3.42. The number of rotatable bonds is 2. The van der Waals surface area contributed by atoms with E-state index in [2.05, 4.69) is 0 Å². The summed E-state index contributed by atoms with van der Waals surface area (Å²) in [5.74, 6) is 1.59. The fourth-order valence-electron chi connectivity index (χ4n) is 4.71. The van der Waals surface area contributed by atoms with Crippen molar-refractivity contribution in [3.63, 3.8) is 0 Å². The van der Waals surface area contributed by atoms with Crippen LogP contribution in [0.1, 0.15) is 22.3 Å². The molecule has 6 rings (SSSR count). The summed E-state index contributed by atoms with van der Waals surface area (Å²) in [5.41, 5.74) is 3.05. The van der Waals surface area contributed by atoms with Gasteiger partial charge in [0, 0.05) is 17.3 Å². The van der Waals surface area contributed by atoms with Crippen LogP contribution in [0.3, 0.4) is 0 Å². The van der Waals surface area contributed by atoms with Gasteiger partial charge in [0.25, 0.3) is 0 Å². The maximum atomic E-state index is 13.9. The van der Waals surface area contributed by atoms with E-state index in [4.69, 9.17) is 14.2 Å². The Morgan fingerprint density at radius 1 is 0.967 bits per heavy atom. The summed E-state index contributed by atoms with van der Waals surface area (Å²) in [6.45, 7) is 2.47. The van der Waals surface area contributed by atoms with Gasteiger partial charge in [-0.2, -0.15) is 0 Å². The molecule has 1 spiro atoms. The van der Waals surface area contributed by atoms with Crippen molar-refractivity contribution in [2.45, 2.75) is 18.9 Å². The van der Waals surface area contributed by atoms with Crippen molar-refractivity contribution >= 4 is 11.6 Å². The van der Waals surface area contributed by atoms with Gasteiger partial charge in [0.2, 0.25) is 12.7 Å². The minimum atomic E-state index is -0.929. The van der Waals surface area contributed by atoms with Gasteiger partial charge in [-0.1, -0.05) is 30.3 Å². The van der Waals surface area contributed by atoms with Gasteiger partial charge in [-0.15, -0.1) is 0 Å². The summed E-state index contributed by atoms with van der Waals surface area (Å²) < 4.78 is 30.7. The molecule has 0 saturated carbocycles. The topological polar surface area (TPSA) is 48.0 Å². The molecule has 1 amide bonds. The Morgan fingerprint density at radius 3 is 2.60 bits per heavy atom. The number of para-hydroxylation sites is 1. The Bertz CT molecular complexity index is 1220. The van der Waals surface area contributed by atoms with Crippen LogP contribution in [0.2, 0.25) is 0 Å². The van der Waals surface area contributed by atoms with E-state index in [1.54, 1.807) is 30.0 Å². The number of hydrogen-bond donors (Lipinski definition) is 0. The molecule has 5 nitrogen and oxygen atoms in total. The van der Waals surface area contributed by atoms with E-state index in [0.717, 1.165) is 22.4 Å². The molecule has 0 bridgehead atoms. The molecule has 3 aliphatic rings. The number of fused-ring (bicyclic) bond motifs is 5. The Hall–Kier alpha value is -3.54. The molecule has 3 aromatic rings. The molecule has 150 valence electrons. The van der Waals surface area contributed by atoms with E-state index in [1.165, 1.54) is 6.07 Å². The van der Waals surface area contributed by atoms with Crippen LogP contribution in [0.4, 0.5) is 10.1 Å². The summed E-state index contributed by atoms with van der Waals surface area (Å²) in [4.78, 5) is 15.7. The summed E-state index contributed by atoms with van der Waals surface area (Å²) in [5, 5.41) is 0. The number of nitrogens with zero attached hydrogens (tertiary/aromatic N) is 1. The van der Waals surface area contributed by atoms with Crippen LogP contribution in [0, 0.1) is 12.7 Å². The van der Waals surface area contributed by atoms with Gasteiger partial charge in [-0.05, 0) is 41.8 Å². The fraction of sp³-hybridized carbons (Fsp3) is 0.208. The lowest BCUT2D eigenvalue weighted by Crippen LogP contribution is -2.42. The second-order valence-corrected chi connectivity index (χ2v) is 7.89. The number of carbonyl (C=O) groups is 1. The normalized spacial score (nSPS) is 20.5. The summed E-state index contributed by atoms with van der Waals surface area (Å²) in [6.07, 6.45) is 0. The maximum absolute atomic E-state index is 13.9. The highest BCUT2D eigenvalue weighted by Crippen LogP contribution is 2.55. The molecule has 0 aromatic heterocycles. The Kier molecular flexibility index (Phi) is 3.46. The molecule has 6 heteroatoms. The van der Waals surface area contributed by atoms with Crippen LogP contribution >= 0.6 is 0 Å². The monoisotopic (exact) mass is 403 g/mol. The number of halogens is 1. The molecule has 3 aliphatic heterocycles. The second kappa shape index (κ2) is 5.98. The van der Waals surface area contributed by atoms with E-state index >= 15 is 0 Å². The quantitative estimate of drug-likeness (QED) is 0.647. The smallest absolute Gasteiger partial charge is 0.246 e. The molecule has 0 saturated heterocycles. The Morgan fingerprint density at radius 2 is 1.77 bits per heavy atom. The Labute approximate surface area is 172 Å². The first-order chi connectivity index (χ1) is 14.6. The number of ether oxygens (including phenoxy) is 3. The standard InChI is InChI=1S/C24H18FNO4/c1-14-8-15(6-7-18(14)25)11-26-19-5-3-2-4-16(19)24(23(26)27)12-28-20-10-22-21(9-17(20)24)29-13-30-22/h2-10H,11-13H2,1H3. The van der Waals surface area contributed by atoms with E-state index in [9.17, 15) is 9.18 Å². The molecule has 30 heavy (non-hydrogen) atoms. The van der Waals surface area contributed by atoms with Crippen molar-refractivity contribution in [3.05, 3.63) is 82.7 Å². The molecular formula is C24H18FNO4. The molecule has 0 aliphatic carbocycles. The highest BCUT2D eigenvalue weighted by molar-refractivity contribution is 6.11. The van der Waals surface area contributed by atoms with E-state index in [-0.39, 0.29) is 25.1 Å². The van der Waals surface area contributed by atoms with Crippen LogP contribution in [-0.4, -0.2) is 19.3 Å². The summed E-state index contributed by atoms with van der Waals surface area (Å²) in [7, 11) is 0. The summed E-state index contributed by atoms with van der Waals surface area (Å²) in [6, 6.07) is 16.4. The molecule has 3 aromatic carbocycles. The lowest BCUT2D eigenvalue weighted by Gasteiger charge is -2.23. The second-order valence-electron chi connectivity index (χ2n) is 7.89. The number of benzene rings is 3. The van der Waals surface area contributed by atoms with Crippen molar-refractivity contribution in [2.24, 2.45) is 0 Å². The molecule has 0 fully saturated rings. The fourth-order valence-corrected chi connectivity index (χ4v) is 4.71.